The Balaban J connectivity index is 1.74. The zero-order valence-corrected chi connectivity index (χ0v) is 14.1. The third-order valence-electron chi connectivity index (χ3n) is 3.92. The zero-order valence-electron chi connectivity index (χ0n) is 14.1. The third kappa shape index (κ3) is 4.16. The first-order valence-electron chi connectivity index (χ1n) is 8.13. The molecule has 0 saturated heterocycles. The summed E-state index contributed by atoms with van der Waals surface area (Å²) in [5.41, 5.74) is 8.08. The number of fused-ring (bicyclic) bond motifs is 1. The number of para-hydroxylation sites is 2. The topological polar surface area (TPSA) is 90.4 Å². The molecule has 1 aromatic heterocycles. The lowest BCUT2D eigenvalue weighted by molar-refractivity contribution is -0.117. The summed E-state index contributed by atoms with van der Waals surface area (Å²) in [6, 6.07) is 15.2. The number of aromatic nitrogens is 2. The molecular formula is C19H21N3O3. The molecule has 6 nitrogen and oxygen atoms in total. The van der Waals surface area contributed by atoms with Crippen molar-refractivity contribution in [2.24, 2.45) is 5.73 Å². The number of carbonyl (C=O) groups is 1. The van der Waals surface area contributed by atoms with Crippen molar-refractivity contribution in [3.63, 3.8) is 0 Å². The maximum atomic E-state index is 11.3. The molecule has 3 N–H and O–H groups in total. The molecule has 6 heteroatoms. The fourth-order valence-corrected chi connectivity index (χ4v) is 2.71. The second-order valence-electron chi connectivity index (χ2n) is 6.05. The fraction of sp³-hybridized carbons (Fsp3) is 0.263. The number of imidazole rings is 1. The number of amides is 1. The van der Waals surface area contributed by atoms with E-state index in [1.807, 2.05) is 60.0 Å². The Labute approximate surface area is 145 Å². The summed E-state index contributed by atoms with van der Waals surface area (Å²) in [6.45, 7) is 2.42. The van der Waals surface area contributed by atoms with E-state index in [4.69, 9.17) is 10.5 Å². The highest BCUT2D eigenvalue weighted by Gasteiger charge is 2.16. The summed E-state index contributed by atoms with van der Waals surface area (Å²) in [6.07, 6.45) is -0.717. The van der Waals surface area contributed by atoms with Gasteiger partial charge in [-0.3, -0.25) is 4.79 Å². The average Bonchev–Trinajstić information content (AvgIpc) is 2.91. The number of aliphatic hydroxyl groups is 1. The molecule has 25 heavy (non-hydrogen) atoms. The van der Waals surface area contributed by atoms with Crippen LogP contribution in [-0.4, -0.2) is 33.3 Å². The van der Waals surface area contributed by atoms with Gasteiger partial charge in [0.05, 0.1) is 24.0 Å². The summed E-state index contributed by atoms with van der Waals surface area (Å²) in [7, 11) is 0. The van der Waals surface area contributed by atoms with Gasteiger partial charge in [-0.25, -0.2) is 4.98 Å². The minimum atomic E-state index is -0.745. The van der Waals surface area contributed by atoms with E-state index in [0.29, 0.717) is 11.6 Å². The number of nitrogens with two attached hydrogens (primary N) is 1. The number of carbonyl (C=O) groups excluding carboxylic acids is 1. The van der Waals surface area contributed by atoms with Gasteiger partial charge in [-0.05, 0) is 31.2 Å². The first-order chi connectivity index (χ1) is 12.0. The molecule has 0 aliphatic rings. The standard InChI is InChI=1S/C19H21N3O3/c1-13-6-8-15(9-7-13)25-12-14(23)11-22-17-5-3-2-4-16(17)21-19(22)10-18(20)24/h2-9,14,23H,10-12H2,1H3,(H2,20,24). The van der Waals surface area contributed by atoms with Gasteiger partial charge in [-0.1, -0.05) is 29.8 Å². The maximum Gasteiger partial charge on any atom is 0.225 e. The molecule has 1 amide bonds. The maximum absolute atomic E-state index is 11.3. The van der Waals surface area contributed by atoms with Crippen molar-refractivity contribution >= 4 is 16.9 Å². The molecule has 3 aromatic rings. The molecule has 3 rings (SSSR count). The van der Waals surface area contributed by atoms with E-state index < -0.39 is 12.0 Å². The van der Waals surface area contributed by atoms with Gasteiger partial charge in [0.25, 0.3) is 0 Å². The second kappa shape index (κ2) is 7.36. The Bertz CT molecular complexity index is 871. The monoisotopic (exact) mass is 339 g/mol. The van der Waals surface area contributed by atoms with Crippen molar-refractivity contribution in [3.8, 4) is 5.75 Å². The molecule has 0 spiro atoms. The van der Waals surface area contributed by atoms with E-state index in [-0.39, 0.29) is 19.6 Å². The van der Waals surface area contributed by atoms with Crippen LogP contribution in [0.4, 0.5) is 0 Å². The van der Waals surface area contributed by atoms with Gasteiger partial charge in [-0.2, -0.15) is 0 Å². The highest BCUT2D eigenvalue weighted by molar-refractivity contribution is 5.80. The molecule has 130 valence electrons. The lowest BCUT2D eigenvalue weighted by Crippen LogP contribution is -2.26. The van der Waals surface area contributed by atoms with Crippen LogP contribution >= 0.6 is 0 Å². The van der Waals surface area contributed by atoms with Crippen LogP contribution in [0.5, 0.6) is 5.75 Å². The van der Waals surface area contributed by atoms with Crippen molar-refractivity contribution in [1.82, 2.24) is 9.55 Å². The van der Waals surface area contributed by atoms with Crippen LogP contribution in [0.25, 0.3) is 11.0 Å². The Kier molecular flexibility index (Phi) is 5.00. The Morgan fingerprint density at radius 1 is 1.24 bits per heavy atom. The van der Waals surface area contributed by atoms with Crippen molar-refractivity contribution in [2.75, 3.05) is 6.61 Å². The number of benzene rings is 2. The van der Waals surface area contributed by atoms with E-state index in [1.165, 1.54) is 0 Å². The smallest absolute Gasteiger partial charge is 0.225 e. The largest absolute Gasteiger partial charge is 0.491 e. The molecule has 0 radical (unpaired) electrons. The average molecular weight is 339 g/mol. The van der Waals surface area contributed by atoms with Gasteiger partial charge < -0.3 is 20.1 Å². The van der Waals surface area contributed by atoms with E-state index >= 15 is 0 Å². The Morgan fingerprint density at radius 2 is 1.96 bits per heavy atom. The molecule has 0 saturated carbocycles. The van der Waals surface area contributed by atoms with Crippen molar-refractivity contribution in [3.05, 3.63) is 59.9 Å². The molecule has 0 fully saturated rings. The molecule has 0 aliphatic carbocycles. The van der Waals surface area contributed by atoms with E-state index in [1.54, 1.807) is 0 Å². The van der Waals surface area contributed by atoms with Crippen molar-refractivity contribution < 1.29 is 14.6 Å². The highest BCUT2D eigenvalue weighted by atomic mass is 16.5. The van der Waals surface area contributed by atoms with Crippen LogP contribution in [0, 0.1) is 6.92 Å². The number of primary amides is 1. The van der Waals surface area contributed by atoms with Gasteiger partial charge in [0.1, 0.15) is 24.3 Å². The third-order valence-corrected chi connectivity index (χ3v) is 3.92. The number of hydrogen-bond acceptors (Lipinski definition) is 4. The van der Waals surface area contributed by atoms with E-state index in [0.717, 1.165) is 16.6 Å². The van der Waals surface area contributed by atoms with Gasteiger partial charge in [0.2, 0.25) is 5.91 Å². The number of ether oxygens (including phenoxy) is 1. The quantitative estimate of drug-likeness (QED) is 0.687. The van der Waals surface area contributed by atoms with Crippen molar-refractivity contribution in [2.45, 2.75) is 26.0 Å². The summed E-state index contributed by atoms with van der Waals surface area (Å²) in [5, 5.41) is 10.4. The molecule has 1 heterocycles. The predicted octanol–water partition coefficient (Wildman–Crippen LogP) is 1.81. The summed E-state index contributed by atoms with van der Waals surface area (Å²) in [5.74, 6) is 0.794. The molecule has 1 atom stereocenters. The van der Waals surface area contributed by atoms with Gasteiger partial charge in [-0.15, -0.1) is 0 Å². The normalized spacial score (nSPS) is 12.2. The van der Waals surface area contributed by atoms with Gasteiger partial charge in [0, 0.05) is 0 Å². The van der Waals surface area contributed by atoms with E-state index in [9.17, 15) is 9.90 Å². The number of rotatable bonds is 7. The van der Waals surface area contributed by atoms with Crippen LogP contribution in [-0.2, 0) is 17.8 Å². The fourth-order valence-electron chi connectivity index (χ4n) is 2.71. The molecule has 2 aromatic carbocycles. The van der Waals surface area contributed by atoms with Crippen LogP contribution in [0.15, 0.2) is 48.5 Å². The molecular weight excluding hydrogens is 318 g/mol. The number of aryl methyl sites for hydroxylation is 1. The first-order valence-corrected chi connectivity index (χ1v) is 8.13. The minimum Gasteiger partial charge on any atom is -0.491 e. The van der Waals surface area contributed by atoms with Crippen LogP contribution in [0.1, 0.15) is 11.4 Å². The minimum absolute atomic E-state index is 0.0280. The van der Waals surface area contributed by atoms with Gasteiger partial charge >= 0.3 is 0 Å². The SMILES string of the molecule is Cc1ccc(OCC(O)Cn2c(CC(N)=O)nc3ccccc32)cc1. The summed E-state index contributed by atoms with van der Waals surface area (Å²) >= 11 is 0. The zero-order chi connectivity index (χ0) is 17.8. The van der Waals surface area contributed by atoms with Crippen molar-refractivity contribution in [1.29, 1.82) is 0 Å². The lowest BCUT2D eigenvalue weighted by atomic mass is 10.2. The van der Waals surface area contributed by atoms with Gasteiger partial charge in [0.15, 0.2) is 0 Å². The molecule has 1 unspecified atom stereocenters. The van der Waals surface area contributed by atoms with E-state index in [2.05, 4.69) is 4.98 Å². The summed E-state index contributed by atoms with van der Waals surface area (Å²) in [4.78, 5) is 15.7. The summed E-state index contributed by atoms with van der Waals surface area (Å²) < 4.78 is 7.45. The van der Waals surface area contributed by atoms with Crippen LogP contribution < -0.4 is 10.5 Å². The highest BCUT2D eigenvalue weighted by Crippen LogP contribution is 2.18. The number of nitrogens with zero attached hydrogens (tertiary/aromatic N) is 2. The lowest BCUT2D eigenvalue weighted by Gasteiger charge is -2.15. The molecule has 0 bridgehead atoms. The van der Waals surface area contributed by atoms with Crippen LogP contribution in [0.3, 0.4) is 0 Å². The molecule has 0 aliphatic heterocycles. The number of aliphatic hydroxyl groups excluding tert-OH is 1. The Hall–Kier alpha value is -2.86. The predicted molar refractivity (Wildman–Crippen MR) is 95.3 cm³/mol. The first kappa shape index (κ1) is 17.0. The second-order valence-corrected chi connectivity index (χ2v) is 6.05. The number of hydrogen-bond donors (Lipinski definition) is 2. The van der Waals surface area contributed by atoms with Crippen LogP contribution in [0.2, 0.25) is 0 Å². The Morgan fingerprint density at radius 3 is 2.68 bits per heavy atom.